The topological polar surface area (TPSA) is 90.2 Å². The molecule has 6 nitrogen and oxygen atoms in total. The first-order chi connectivity index (χ1) is 8.44. The molecular formula is C11H25NO5P+. The molecular weight excluding hydrogens is 257 g/mol. The van der Waals surface area contributed by atoms with Crippen LogP contribution in [-0.4, -0.2) is 52.0 Å². The molecule has 0 aliphatic rings. The van der Waals surface area contributed by atoms with Crippen molar-refractivity contribution in [2.24, 2.45) is 0 Å². The third-order valence-electron chi connectivity index (χ3n) is 2.74. The maximum Gasteiger partial charge on any atom is 0.696 e. The summed E-state index contributed by atoms with van der Waals surface area (Å²) in [5, 5.41) is 17.5. The van der Waals surface area contributed by atoms with Crippen LogP contribution < -0.4 is 0 Å². The van der Waals surface area contributed by atoms with E-state index in [2.05, 4.69) is 0 Å². The average Bonchev–Trinajstić information content (AvgIpc) is 2.25. The highest BCUT2D eigenvalue weighted by Crippen LogP contribution is 2.29. The number of rotatable bonds is 11. The highest BCUT2D eigenvalue weighted by Gasteiger charge is 2.36. The van der Waals surface area contributed by atoms with E-state index in [0.29, 0.717) is 25.9 Å². The summed E-state index contributed by atoms with van der Waals surface area (Å²) in [5.41, 5.74) is -0.826. The number of aliphatic hydroxyl groups is 2. The summed E-state index contributed by atoms with van der Waals surface area (Å²) in [4.78, 5) is 10.8. The van der Waals surface area contributed by atoms with Crippen LogP contribution in [0.3, 0.4) is 0 Å². The van der Waals surface area contributed by atoms with E-state index in [1.54, 1.807) is 13.8 Å². The maximum absolute atomic E-state index is 10.8. The van der Waals surface area contributed by atoms with E-state index in [1.165, 1.54) is 0 Å². The van der Waals surface area contributed by atoms with Crippen molar-refractivity contribution in [1.29, 1.82) is 0 Å². The minimum Gasteiger partial charge on any atom is -0.396 e. The largest absolute Gasteiger partial charge is 0.696 e. The Morgan fingerprint density at radius 2 is 1.50 bits per heavy atom. The van der Waals surface area contributed by atoms with Gasteiger partial charge in [-0.2, -0.15) is 0 Å². The van der Waals surface area contributed by atoms with Gasteiger partial charge < -0.3 is 10.2 Å². The molecule has 0 radical (unpaired) electrons. The van der Waals surface area contributed by atoms with E-state index in [0.717, 1.165) is 12.8 Å². The van der Waals surface area contributed by atoms with Gasteiger partial charge in [0.05, 0.1) is 0 Å². The van der Waals surface area contributed by atoms with Gasteiger partial charge in [-0.05, 0) is 39.5 Å². The van der Waals surface area contributed by atoms with Crippen LogP contribution >= 0.6 is 8.25 Å². The Morgan fingerprint density at radius 3 is 1.83 bits per heavy atom. The monoisotopic (exact) mass is 282 g/mol. The molecule has 0 spiro atoms. The van der Waals surface area contributed by atoms with Gasteiger partial charge in [0, 0.05) is 30.9 Å². The quantitative estimate of drug-likeness (QED) is 0.300. The summed E-state index contributed by atoms with van der Waals surface area (Å²) in [6.45, 7) is 5.13. The van der Waals surface area contributed by atoms with Crippen molar-refractivity contribution in [3.63, 3.8) is 0 Å². The molecule has 0 aromatic rings. The second kappa shape index (κ2) is 9.78. The number of unbranched alkanes of at least 4 members (excludes halogenated alkanes) is 2. The predicted molar refractivity (Wildman–Crippen MR) is 69.2 cm³/mol. The lowest BCUT2D eigenvalue weighted by Gasteiger charge is -2.33. The van der Waals surface area contributed by atoms with E-state index in [1.807, 2.05) is 4.90 Å². The molecule has 0 aromatic heterocycles. The molecule has 0 aliphatic heterocycles. The summed E-state index contributed by atoms with van der Waals surface area (Å²) in [7, 11) is -2.65. The van der Waals surface area contributed by atoms with Crippen LogP contribution in [0.4, 0.5) is 0 Å². The molecule has 3 N–H and O–H groups in total. The van der Waals surface area contributed by atoms with E-state index in [4.69, 9.17) is 19.6 Å². The van der Waals surface area contributed by atoms with Crippen LogP contribution in [0.25, 0.3) is 0 Å². The number of hydrogen-bond donors (Lipinski definition) is 3. The van der Waals surface area contributed by atoms with Gasteiger partial charge in [-0.15, -0.1) is 4.89 Å². The zero-order chi connectivity index (χ0) is 14.0. The van der Waals surface area contributed by atoms with Crippen molar-refractivity contribution in [2.45, 2.75) is 45.3 Å². The van der Waals surface area contributed by atoms with Crippen molar-refractivity contribution < 1.29 is 24.2 Å². The minimum atomic E-state index is -2.65. The molecule has 0 saturated carbocycles. The lowest BCUT2D eigenvalue weighted by Crippen LogP contribution is -2.46. The average molecular weight is 282 g/mol. The SMILES string of the molecule is CC(C)(O[P+](=O)O)N(CCCCO)CCCCO. The zero-order valence-electron chi connectivity index (χ0n) is 11.2. The van der Waals surface area contributed by atoms with Crippen LogP contribution in [0.2, 0.25) is 0 Å². The molecule has 0 aromatic carbocycles. The Bertz CT molecular complexity index is 227. The van der Waals surface area contributed by atoms with Gasteiger partial charge in [-0.3, -0.25) is 4.90 Å². The first-order valence-corrected chi connectivity index (χ1v) is 7.39. The summed E-state index contributed by atoms with van der Waals surface area (Å²) >= 11 is 0. The highest BCUT2D eigenvalue weighted by molar-refractivity contribution is 7.32. The van der Waals surface area contributed by atoms with Gasteiger partial charge in [0.15, 0.2) is 5.72 Å². The molecule has 0 saturated heterocycles. The second-order valence-electron chi connectivity index (χ2n) is 4.62. The molecule has 7 heteroatoms. The van der Waals surface area contributed by atoms with Gasteiger partial charge in [-0.1, -0.05) is 4.52 Å². The molecule has 1 unspecified atom stereocenters. The first kappa shape index (κ1) is 17.9. The molecule has 0 bridgehead atoms. The van der Waals surface area contributed by atoms with E-state index in [-0.39, 0.29) is 13.2 Å². The van der Waals surface area contributed by atoms with Gasteiger partial charge in [-0.25, -0.2) is 0 Å². The Kier molecular flexibility index (Phi) is 9.73. The summed E-state index contributed by atoms with van der Waals surface area (Å²) in [6.07, 6.45) is 2.98. The van der Waals surface area contributed by atoms with Crippen molar-refractivity contribution in [2.75, 3.05) is 26.3 Å². The Morgan fingerprint density at radius 1 is 1.06 bits per heavy atom. The zero-order valence-corrected chi connectivity index (χ0v) is 12.1. The van der Waals surface area contributed by atoms with Crippen LogP contribution in [-0.2, 0) is 9.09 Å². The lowest BCUT2D eigenvalue weighted by atomic mass is 10.2. The van der Waals surface area contributed by atoms with Gasteiger partial charge in [0.25, 0.3) is 0 Å². The number of hydrogen-bond acceptors (Lipinski definition) is 5. The number of aliphatic hydroxyl groups excluding tert-OH is 2. The van der Waals surface area contributed by atoms with Crippen molar-refractivity contribution >= 4 is 8.25 Å². The van der Waals surface area contributed by atoms with Crippen LogP contribution in [0, 0.1) is 0 Å². The fourth-order valence-electron chi connectivity index (χ4n) is 1.73. The van der Waals surface area contributed by atoms with Crippen LogP contribution in [0.15, 0.2) is 0 Å². The van der Waals surface area contributed by atoms with Crippen molar-refractivity contribution in [1.82, 2.24) is 4.90 Å². The normalized spacial score (nSPS) is 13.1. The van der Waals surface area contributed by atoms with E-state index >= 15 is 0 Å². The van der Waals surface area contributed by atoms with Crippen molar-refractivity contribution in [3.8, 4) is 0 Å². The minimum absolute atomic E-state index is 0.139. The Hall–Kier alpha value is -0.100. The molecule has 0 fully saturated rings. The van der Waals surface area contributed by atoms with E-state index < -0.39 is 14.0 Å². The predicted octanol–water partition coefficient (Wildman–Crippen LogP) is 1.24. The second-order valence-corrected chi connectivity index (χ2v) is 5.28. The van der Waals surface area contributed by atoms with Crippen LogP contribution in [0.5, 0.6) is 0 Å². The maximum atomic E-state index is 10.8. The van der Waals surface area contributed by atoms with Gasteiger partial charge in [0.2, 0.25) is 0 Å². The van der Waals surface area contributed by atoms with Gasteiger partial charge in [0.1, 0.15) is 0 Å². The van der Waals surface area contributed by atoms with Crippen LogP contribution in [0.1, 0.15) is 39.5 Å². The van der Waals surface area contributed by atoms with Crippen molar-refractivity contribution in [3.05, 3.63) is 0 Å². The summed E-state index contributed by atoms with van der Waals surface area (Å²) in [6, 6.07) is 0. The fraction of sp³-hybridized carbons (Fsp3) is 1.00. The molecule has 0 rings (SSSR count). The fourth-order valence-corrected chi connectivity index (χ4v) is 2.23. The molecule has 0 heterocycles. The first-order valence-electron chi connectivity index (χ1n) is 6.26. The molecule has 0 aliphatic carbocycles. The Labute approximate surface area is 110 Å². The highest BCUT2D eigenvalue weighted by atomic mass is 31.1. The summed E-state index contributed by atoms with van der Waals surface area (Å²) < 4.78 is 15.8. The molecule has 108 valence electrons. The molecule has 18 heavy (non-hydrogen) atoms. The third kappa shape index (κ3) is 8.08. The molecule has 0 amide bonds. The molecule has 1 atom stereocenters. The van der Waals surface area contributed by atoms with Gasteiger partial charge >= 0.3 is 8.25 Å². The third-order valence-corrected chi connectivity index (χ3v) is 3.34. The smallest absolute Gasteiger partial charge is 0.396 e. The lowest BCUT2D eigenvalue weighted by molar-refractivity contribution is -0.0590. The Balaban J connectivity index is 4.35. The number of nitrogens with zero attached hydrogens (tertiary/aromatic N) is 1. The standard InChI is InChI=1S/C11H24NO5P/c1-11(2,17-18(15)16)12(7-3-5-9-13)8-4-6-10-14/h13-14H,3-10H2,1-2H3/p+1. The van der Waals surface area contributed by atoms with E-state index in [9.17, 15) is 4.57 Å². The summed E-state index contributed by atoms with van der Waals surface area (Å²) in [5.74, 6) is 0.